The average Bonchev–Trinajstić information content (AvgIpc) is 2.38. The molecule has 0 saturated heterocycles. The largest absolute Gasteiger partial charge is 0.449 e. The van der Waals surface area contributed by atoms with Gasteiger partial charge < -0.3 is 9.47 Å². The van der Waals surface area contributed by atoms with Crippen molar-refractivity contribution in [1.29, 1.82) is 0 Å². The molecule has 0 heterocycles. The van der Waals surface area contributed by atoms with Gasteiger partial charge in [0, 0.05) is 0 Å². The van der Waals surface area contributed by atoms with E-state index in [-0.39, 0.29) is 13.2 Å². The van der Waals surface area contributed by atoms with Gasteiger partial charge in [-0.2, -0.15) is 0 Å². The molecule has 0 fully saturated rings. The maximum atomic E-state index is 11.8. The third kappa shape index (κ3) is 6.44. The standard InChI is InChI=1S/C12H20N2O5/c1-4-10(8-7-9-15)14(12(17)19-6-3)13-11(16)18-5-2/h7-10H,4-6H2,1-3H3,(H,13,16)/b8-7+/t10-/m1/s1. The van der Waals surface area contributed by atoms with Crippen molar-refractivity contribution in [1.82, 2.24) is 10.4 Å². The summed E-state index contributed by atoms with van der Waals surface area (Å²) < 4.78 is 9.55. The topological polar surface area (TPSA) is 84.9 Å². The van der Waals surface area contributed by atoms with E-state index in [1.165, 1.54) is 12.2 Å². The average molecular weight is 272 g/mol. The van der Waals surface area contributed by atoms with E-state index in [1.54, 1.807) is 20.8 Å². The van der Waals surface area contributed by atoms with E-state index in [0.29, 0.717) is 12.7 Å². The molecular weight excluding hydrogens is 252 g/mol. The molecule has 0 radical (unpaired) electrons. The van der Waals surface area contributed by atoms with E-state index in [9.17, 15) is 14.4 Å². The molecule has 0 aromatic rings. The molecule has 7 heteroatoms. The number of hydrogen-bond acceptors (Lipinski definition) is 5. The minimum atomic E-state index is -0.756. The van der Waals surface area contributed by atoms with Crippen LogP contribution in [0, 0.1) is 0 Å². The van der Waals surface area contributed by atoms with Crippen molar-refractivity contribution in [2.45, 2.75) is 33.2 Å². The fraction of sp³-hybridized carbons (Fsp3) is 0.583. The SMILES string of the molecule is CCOC(=O)NN(C(=O)OCC)[C@@H](/C=C/C=O)CC. The van der Waals surface area contributed by atoms with Gasteiger partial charge in [-0.3, -0.25) is 4.79 Å². The van der Waals surface area contributed by atoms with Crippen molar-refractivity contribution in [3.8, 4) is 0 Å². The van der Waals surface area contributed by atoms with E-state index in [2.05, 4.69) is 5.43 Å². The van der Waals surface area contributed by atoms with Gasteiger partial charge in [-0.1, -0.05) is 13.0 Å². The summed E-state index contributed by atoms with van der Waals surface area (Å²) in [6, 6.07) is -0.492. The highest BCUT2D eigenvalue weighted by Gasteiger charge is 2.24. The predicted molar refractivity (Wildman–Crippen MR) is 68.3 cm³/mol. The normalized spacial score (nSPS) is 11.7. The van der Waals surface area contributed by atoms with E-state index in [1.807, 2.05) is 0 Å². The second-order valence-corrected chi connectivity index (χ2v) is 3.40. The minimum Gasteiger partial charge on any atom is -0.449 e. The lowest BCUT2D eigenvalue weighted by molar-refractivity contribution is -0.104. The zero-order valence-corrected chi connectivity index (χ0v) is 11.4. The molecule has 0 rings (SSSR count). The zero-order valence-electron chi connectivity index (χ0n) is 11.4. The number of aldehydes is 1. The number of allylic oxidation sites excluding steroid dienone is 1. The highest BCUT2D eigenvalue weighted by molar-refractivity contribution is 5.74. The first-order valence-corrected chi connectivity index (χ1v) is 6.11. The second-order valence-electron chi connectivity index (χ2n) is 3.40. The Labute approximate surface area is 112 Å². The number of nitrogens with zero attached hydrogens (tertiary/aromatic N) is 1. The van der Waals surface area contributed by atoms with Crippen molar-refractivity contribution in [2.24, 2.45) is 0 Å². The number of hydrazine groups is 1. The quantitative estimate of drug-likeness (QED) is 0.451. The zero-order chi connectivity index (χ0) is 14.7. The third-order valence-electron chi connectivity index (χ3n) is 2.11. The molecule has 2 amide bonds. The van der Waals surface area contributed by atoms with Gasteiger partial charge >= 0.3 is 12.2 Å². The Bertz CT molecular complexity index is 330. The summed E-state index contributed by atoms with van der Waals surface area (Å²) in [6.45, 7) is 5.47. The van der Waals surface area contributed by atoms with Crippen LogP contribution in [0.4, 0.5) is 9.59 Å². The highest BCUT2D eigenvalue weighted by atomic mass is 16.6. The number of rotatable bonds is 6. The first-order chi connectivity index (χ1) is 9.10. The summed E-state index contributed by atoms with van der Waals surface area (Å²) in [5.74, 6) is 0. The summed E-state index contributed by atoms with van der Waals surface area (Å²) in [6.07, 6.45) is 2.38. The van der Waals surface area contributed by atoms with Crippen molar-refractivity contribution in [3.63, 3.8) is 0 Å². The maximum absolute atomic E-state index is 11.8. The van der Waals surface area contributed by atoms with Crippen LogP contribution in [0.2, 0.25) is 0 Å². The third-order valence-corrected chi connectivity index (χ3v) is 2.11. The molecule has 0 aliphatic rings. The molecule has 0 aromatic carbocycles. The second kappa shape index (κ2) is 9.93. The summed E-state index contributed by atoms with van der Waals surface area (Å²) in [5, 5.41) is 1.00. The van der Waals surface area contributed by atoms with Gasteiger partial charge in [-0.05, 0) is 26.3 Å². The fourth-order valence-corrected chi connectivity index (χ4v) is 1.30. The Morgan fingerprint density at radius 2 is 1.84 bits per heavy atom. The van der Waals surface area contributed by atoms with Crippen molar-refractivity contribution in [3.05, 3.63) is 12.2 Å². The smallest absolute Gasteiger partial charge is 0.429 e. The molecule has 0 bridgehead atoms. The minimum absolute atomic E-state index is 0.174. The number of ether oxygens (including phenoxy) is 2. The Morgan fingerprint density at radius 1 is 1.21 bits per heavy atom. The molecule has 1 N–H and O–H groups in total. The molecule has 0 aromatic heterocycles. The summed E-state index contributed by atoms with van der Waals surface area (Å²) in [5.41, 5.74) is 2.29. The Kier molecular flexibility index (Phi) is 8.86. The molecule has 0 aliphatic heterocycles. The van der Waals surface area contributed by atoms with E-state index >= 15 is 0 Å². The summed E-state index contributed by atoms with van der Waals surface area (Å²) in [4.78, 5) is 33.5. The van der Waals surface area contributed by atoms with Gasteiger partial charge in [0.25, 0.3) is 0 Å². The van der Waals surface area contributed by atoms with Crippen LogP contribution in [-0.2, 0) is 14.3 Å². The molecular formula is C12H20N2O5. The Hall–Kier alpha value is -2.05. The number of carbonyl (C=O) groups is 3. The Morgan fingerprint density at radius 3 is 2.32 bits per heavy atom. The van der Waals surface area contributed by atoms with Gasteiger partial charge in [0.05, 0.1) is 19.3 Å². The van der Waals surface area contributed by atoms with Gasteiger partial charge in [0.1, 0.15) is 6.29 Å². The van der Waals surface area contributed by atoms with Crippen molar-refractivity contribution < 1.29 is 23.9 Å². The molecule has 7 nitrogen and oxygen atoms in total. The summed E-state index contributed by atoms with van der Waals surface area (Å²) in [7, 11) is 0. The van der Waals surface area contributed by atoms with Crippen molar-refractivity contribution in [2.75, 3.05) is 13.2 Å². The predicted octanol–water partition coefficient (Wildman–Crippen LogP) is 1.64. The fourth-order valence-electron chi connectivity index (χ4n) is 1.30. The number of hydrogen-bond donors (Lipinski definition) is 1. The van der Waals surface area contributed by atoms with Crippen molar-refractivity contribution >= 4 is 18.5 Å². The van der Waals surface area contributed by atoms with Crippen LogP contribution >= 0.6 is 0 Å². The lowest BCUT2D eigenvalue weighted by Gasteiger charge is -2.27. The molecule has 108 valence electrons. The van der Waals surface area contributed by atoms with Gasteiger partial charge in [0.15, 0.2) is 0 Å². The molecule has 0 saturated carbocycles. The number of amides is 2. The highest BCUT2D eigenvalue weighted by Crippen LogP contribution is 2.06. The van der Waals surface area contributed by atoms with Gasteiger partial charge in [0.2, 0.25) is 0 Å². The molecule has 0 spiro atoms. The maximum Gasteiger partial charge on any atom is 0.429 e. The lowest BCUT2D eigenvalue weighted by atomic mass is 10.2. The molecule has 1 atom stereocenters. The van der Waals surface area contributed by atoms with E-state index in [0.717, 1.165) is 5.01 Å². The molecule has 19 heavy (non-hydrogen) atoms. The van der Waals surface area contributed by atoms with Gasteiger partial charge in [-0.15, -0.1) is 0 Å². The van der Waals surface area contributed by atoms with Crippen LogP contribution in [0.5, 0.6) is 0 Å². The number of carbonyl (C=O) groups excluding carboxylic acids is 3. The van der Waals surface area contributed by atoms with Crippen LogP contribution in [0.15, 0.2) is 12.2 Å². The molecule has 0 unspecified atom stereocenters. The van der Waals surface area contributed by atoms with E-state index < -0.39 is 18.2 Å². The van der Waals surface area contributed by atoms with Crippen LogP contribution in [0.3, 0.4) is 0 Å². The van der Waals surface area contributed by atoms with Crippen LogP contribution in [-0.4, -0.2) is 42.7 Å². The molecule has 0 aliphatic carbocycles. The first kappa shape index (κ1) is 16.9. The number of nitrogens with one attached hydrogen (secondary N) is 1. The Balaban J connectivity index is 4.90. The monoisotopic (exact) mass is 272 g/mol. The first-order valence-electron chi connectivity index (χ1n) is 6.11. The summed E-state index contributed by atoms with van der Waals surface area (Å²) >= 11 is 0. The van der Waals surface area contributed by atoms with Crippen LogP contribution in [0.25, 0.3) is 0 Å². The van der Waals surface area contributed by atoms with Crippen LogP contribution in [0.1, 0.15) is 27.2 Å². The van der Waals surface area contributed by atoms with E-state index in [4.69, 9.17) is 9.47 Å². The van der Waals surface area contributed by atoms with Crippen LogP contribution < -0.4 is 5.43 Å². The van der Waals surface area contributed by atoms with Gasteiger partial charge in [-0.25, -0.2) is 20.0 Å². The lowest BCUT2D eigenvalue weighted by Crippen LogP contribution is -2.51.